The van der Waals surface area contributed by atoms with Gasteiger partial charge in [0.2, 0.25) is 5.91 Å². The fraction of sp³-hybridized carbons (Fsp3) is 0.185. The minimum atomic E-state index is -0.421. The number of aromatic nitrogens is 3. The van der Waals surface area contributed by atoms with Gasteiger partial charge in [0.05, 0.1) is 24.2 Å². The highest BCUT2D eigenvalue weighted by molar-refractivity contribution is 7.99. The predicted molar refractivity (Wildman–Crippen MR) is 144 cm³/mol. The molecule has 0 radical (unpaired) electrons. The van der Waals surface area contributed by atoms with Crippen LogP contribution in [0.5, 0.6) is 0 Å². The zero-order valence-corrected chi connectivity index (χ0v) is 21.9. The predicted octanol–water partition coefficient (Wildman–Crippen LogP) is 5.69. The van der Waals surface area contributed by atoms with Crippen LogP contribution in [-0.2, 0) is 15.3 Å². The Hall–Kier alpha value is -3.56. The van der Waals surface area contributed by atoms with Gasteiger partial charge in [0.1, 0.15) is 5.82 Å². The summed E-state index contributed by atoms with van der Waals surface area (Å²) in [5.41, 5.74) is 4.33. The maximum Gasteiger partial charge on any atom is 0.337 e. The Balaban J connectivity index is 1.47. The lowest BCUT2D eigenvalue weighted by Crippen LogP contribution is -2.15. The Labute approximate surface area is 218 Å². The molecule has 4 rings (SSSR count). The van der Waals surface area contributed by atoms with Crippen LogP contribution in [0.15, 0.2) is 82.8 Å². The van der Waals surface area contributed by atoms with Gasteiger partial charge in [-0.1, -0.05) is 41.6 Å². The maximum absolute atomic E-state index is 12.6. The highest BCUT2D eigenvalue weighted by atomic mass is 32.2. The number of hydrogen-bond acceptors (Lipinski definition) is 7. The molecule has 4 aromatic rings. The highest BCUT2D eigenvalue weighted by Gasteiger charge is 2.17. The van der Waals surface area contributed by atoms with E-state index in [1.54, 1.807) is 36.0 Å². The summed E-state index contributed by atoms with van der Waals surface area (Å²) in [6.07, 6.45) is 0. The number of thioether (sulfide) groups is 2. The van der Waals surface area contributed by atoms with Crippen LogP contribution in [0, 0.1) is 13.8 Å². The number of aryl methyl sites for hydroxylation is 2. The molecule has 0 saturated heterocycles. The summed E-state index contributed by atoms with van der Waals surface area (Å²) in [6, 6.07) is 23.1. The monoisotopic (exact) mass is 518 g/mol. The number of benzene rings is 3. The second-order valence-electron chi connectivity index (χ2n) is 8.08. The second-order valence-corrected chi connectivity index (χ2v) is 10.1. The van der Waals surface area contributed by atoms with Gasteiger partial charge in [0.25, 0.3) is 0 Å². The van der Waals surface area contributed by atoms with E-state index in [9.17, 15) is 9.59 Å². The number of carbonyl (C=O) groups excluding carboxylic acids is 2. The van der Waals surface area contributed by atoms with Crippen LogP contribution in [-0.4, -0.2) is 39.5 Å². The summed E-state index contributed by atoms with van der Waals surface area (Å²) in [5, 5.41) is 12.3. The number of amides is 1. The normalized spacial score (nSPS) is 10.8. The van der Waals surface area contributed by atoms with Crippen LogP contribution in [0.1, 0.15) is 27.3 Å². The fourth-order valence-corrected chi connectivity index (χ4v) is 5.01. The number of methoxy groups -OCH3 is 1. The first-order chi connectivity index (χ1) is 17.4. The van der Waals surface area contributed by atoms with Gasteiger partial charge in [0.15, 0.2) is 5.16 Å². The molecule has 0 saturated carbocycles. The first kappa shape index (κ1) is 25.5. The third-order valence-electron chi connectivity index (χ3n) is 5.27. The van der Waals surface area contributed by atoms with Crippen molar-refractivity contribution in [2.75, 3.05) is 18.2 Å². The zero-order valence-electron chi connectivity index (χ0n) is 20.2. The van der Waals surface area contributed by atoms with Crippen molar-refractivity contribution >= 4 is 41.1 Å². The van der Waals surface area contributed by atoms with Gasteiger partial charge >= 0.3 is 5.97 Å². The highest BCUT2D eigenvalue weighted by Crippen LogP contribution is 2.28. The quantitative estimate of drug-likeness (QED) is 0.225. The minimum Gasteiger partial charge on any atom is -0.465 e. The Morgan fingerprint density at radius 3 is 2.36 bits per heavy atom. The van der Waals surface area contributed by atoms with E-state index in [2.05, 4.69) is 52.8 Å². The Morgan fingerprint density at radius 1 is 0.917 bits per heavy atom. The van der Waals surface area contributed by atoms with E-state index in [0.717, 1.165) is 22.0 Å². The SMILES string of the molecule is COC(=O)c1ccc(NC(=O)CSc2nnc(CSc3ccc(C)cc3)n2-c2cccc(C)c2)cc1. The minimum absolute atomic E-state index is 0.161. The lowest BCUT2D eigenvalue weighted by atomic mass is 10.2. The molecule has 0 aliphatic heterocycles. The van der Waals surface area contributed by atoms with Crippen molar-refractivity contribution in [1.29, 1.82) is 0 Å². The standard InChI is InChI=1S/C27H26N4O3S2/c1-18-7-13-23(14-8-18)35-16-24-29-30-27(31(24)22-6-4-5-19(2)15-22)36-17-25(32)28-21-11-9-20(10-12-21)26(33)34-3/h4-15H,16-17H2,1-3H3,(H,28,32). The van der Waals surface area contributed by atoms with E-state index in [-0.39, 0.29) is 11.7 Å². The first-order valence-corrected chi connectivity index (χ1v) is 13.2. The molecule has 1 amide bonds. The molecule has 7 nitrogen and oxygen atoms in total. The lowest BCUT2D eigenvalue weighted by molar-refractivity contribution is -0.113. The number of esters is 1. The summed E-state index contributed by atoms with van der Waals surface area (Å²) < 4.78 is 6.71. The third kappa shape index (κ3) is 6.56. The van der Waals surface area contributed by atoms with Gasteiger partial charge in [-0.15, -0.1) is 22.0 Å². The molecule has 0 aliphatic carbocycles. The van der Waals surface area contributed by atoms with Gasteiger partial charge in [-0.25, -0.2) is 4.79 Å². The van der Waals surface area contributed by atoms with Crippen LogP contribution >= 0.6 is 23.5 Å². The average molecular weight is 519 g/mol. The Morgan fingerprint density at radius 2 is 1.67 bits per heavy atom. The van der Waals surface area contributed by atoms with Gasteiger partial charge in [-0.05, 0) is 67.9 Å². The van der Waals surface area contributed by atoms with Crippen molar-refractivity contribution in [2.45, 2.75) is 29.7 Å². The maximum atomic E-state index is 12.6. The van der Waals surface area contributed by atoms with Crippen LogP contribution in [0.25, 0.3) is 5.69 Å². The molecule has 0 spiro atoms. The number of hydrogen-bond donors (Lipinski definition) is 1. The number of anilines is 1. The van der Waals surface area contributed by atoms with Crippen LogP contribution in [0.4, 0.5) is 5.69 Å². The second kappa shape index (κ2) is 11.9. The molecule has 0 aliphatic rings. The van der Waals surface area contributed by atoms with Gasteiger partial charge in [-0.2, -0.15) is 0 Å². The van der Waals surface area contributed by atoms with E-state index in [0.29, 0.717) is 22.2 Å². The summed E-state index contributed by atoms with van der Waals surface area (Å²) in [4.78, 5) is 25.4. The summed E-state index contributed by atoms with van der Waals surface area (Å²) in [5.74, 6) is 1.01. The van der Waals surface area contributed by atoms with Gasteiger partial charge in [-0.3, -0.25) is 9.36 Å². The summed E-state index contributed by atoms with van der Waals surface area (Å²) in [6.45, 7) is 4.11. The average Bonchev–Trinajstić information content (AvgIpc) is 3.30. The molecule has 184 valence electrons. The van der Waals surface area contributed by atoms with E-state index >= 15 is 0 Å². The molecule has 1 heterocycles. The number of rotatable bonds is 9. The number of ether oxygens (including phenoxy) is 1. The van der Waals surface area contributed by atoms with Crippen molar-refractivity contribution in [3.63, 3.8) is 0 Å². The summed E-state index contributed by atoms with van der Waals surface area (Å²) >= 11 is 3.02. The molecule has 9 heteroatoms. The number of nitrogens with zero attached hydrogens (tertiary/aromatic N) is 3. The molecule has 0 unspecified atom stereocenters. The first-order valence-electron chi connectivity index (χ1n) is 11.2. The molecule has 0 fully saturated rings. The topological polar surface area (TPSA) is 86.1 Å². The lowest BCUT2D eigenvalue weighted by Gasteiger charge is -2.11. The Kier molecular flexibility index (Phi) is 8.45. The van der Waals surface area contributed by atoms with Crippen LogP contribution in [0.3, 0.4) is 0 Å². The van der Waals surface area contributed by atoms with Crippen molar-refractivity contribution in [2.24, 2.45) is 0 Å². The van der Waals surface area contributed by atoms with Crippen LogP contribution < -0.4 is 5.32 Å². The fourth-order valence-electron chi connectivity index (χ4n) is 3.43. The molecule has 3 aromatic carbocycles. The molecular formula is C27H26N4O3S2. The smallest absolute Gasteiger partial charge is 0.337 e. The molecule has 1 aromatic heterocycles. The van der Waals surface area contributed by atoms with E-state index in [1.165, 1.54) is 24.4 Å². The van der Waals surface area contributed by atoms with E-state index < -0.39 is 5.97 Å². The molecule has 0 bridgehead atoms. The van der Waals surface area contributed by atoms with Crippen molar-refractivity contribution in [3.05, 3.63) is 95.3 Å². The van der Waals surface area contributed by atoms with Crippen molar-refractivity contribution in [3.8, 4) is 5.69 Å². The van der Waals surface area contributed by atoms with Crippen LogP contribution in [0.2, 0.25) is 0 Å². The molecule has 36 heavy (non-hydrogen) atoms. The molecule has 0 atom stereocenters. The van der Waals surface area contributed by atoms with Gasteiger partial charge in [0, 0.05) is 16.3 Å². The third-order valence-corrected chi connectivity index (χ3v) is 7.21. The molecular weight excluding hydrogens is 492 g/mol. The van der Waals surface area contributed by atoms with Crippen molar-refractivity contribution in [1.82, 2.24) is 14.8 Å². The largest absolute Gasteiger partial charge is 0.465 e. The Bertz CT molecular complexity index is 1350. The summed E-state index contributed by atoms with van der Waals surface area (Å²) in [7, 11) is 1.33. The van der Waals surface area contributed by atoms with E-state index in [1.807, 2.05) is 29.7 Å². The van der Waals surface area contributed by atoms with Crippen molar-refractivity contribution < 1.29 is 14.3 Å². The van der Waals surface area contributed by atoms with Gasteiger partial charge < -0.3 is 10.1 Å². The number of carbonyl (C=O) groups is 2. The number of nitrogens with one attached hydrogen (secondary N) is 1. The molecule has 1 N–H and O–H groups in total. The zero-order chi connectivity index (χ0) is 25.5. The van der Waals surface area contributed by atoms with E-state index in [4.69, 9.17) is 4.74 Å².